The summed E-state index contributed by atoms with van der Waals surface area (Å²) >= 11 is 5.87. The third-order valence-electron chi connectivity index (χ3n) is 4.09. The molecular weight excluding hydrogens is 359 g/mol. The predicted molar refractivity (Wildman–Crippen MR) is 89.9 cm³/mol. The van der Waals surface area contributed by atoms with Crippen LogP contribution in [0.4, 0.5) is 23.7 Å². The van der Waals surface area contributed by atoms with Gasteiger partial charge in [-0.2, -0.15) is 13.2 Å². The second-order valence-corrected chi connectivity index (χ2v) is 6.82. The van der Waals surface area contributed by atoms with Crippen LogP contribution >= 0.6 is 11.6 Å². The molecule has 1 aromatic carbocycles. The number of carbonyl (C=O) groups is 1. The average Bonchev–Trinajstić information content (AvgIpc) is 2.55. The molecule has 1 aliphatic rings. The van der Waals surface area contributed by atoms with E-state index in [1.165, 1.54) is 0 Å². The first-order valence-corrected chi connectivity index (χ1v) is 8.22. The zero-order chi connectivity index (χ0) is 18.7. The van der Waals surface area contributed by atoms with Gasteiger partial charge in [-0.15, -0.1) is 0 Å². The van der Waals surface area contributed by atoms with Crippen LogP contribution in [-0.2, 0) is 10.9 Å². The lowest BCUT2D eigenvalue weighted by molar-refractivity contribution is -0.137. The Balaban J connectivity index is 1.96. The first-order valence-electron chi connectivity index (χ1n) is 7.84. The highest BCUT2D eigenvalue weighted by molar-refractivity contribution is 6.33. The molecule has 1 heterocycles. The van der Waals surface area contributed by atoms with Gasteiger partial charge in [0.1, 0.15) is 0 Å². The molecule has 2 rings (SSSR count). The van der Waals surface area contributed by atoms with Gasteiger partial charge in [0.05, 0.1) is 29.5 Å². The average molecular weight is 380 g/mol. The van der Waals surface area contributed by atoms with E-state index in [-0.39, 0.29) is 16.2 Å². The SMILES string of the molecule is CC(C)(CNC(=O)Nc1cc(C(F)(F)F)ccc1Cl)N1CCOCC1. The normalized spacial score (nSPS) is 16.6. The number of nitrogens with one attached hydrogen (secondary N) is 2. The number of ether oxygens (including phenoxy) is 1. The van der Waals surface area contributed by atoms with Crippen molar-refractivity contribution in [1.82, 2.24) is 10.2 Å². The minimum absolute atomic E-state index is 0.0376. The van der Waals surface area contributed by atoms with Crippen molar-refractivity contribution in [2.24, 2.45) is 0 Å². The summed E-state index contributed by atoms with van der Waals surface area (Å²) in [6.45, 7) is 7.08. The van der Waals surface area contributed by atoms with Crippen LogP contribution in [0.15, 0.2) is 18.2 Å². The van der Waals surface area contributed by atoms with Gasteiger partial charge in [-0.05, 0) is 32.0 Å². The van der Waals surface area contributed by atoms with Crippen molar-refractivity contribution in [2.45, 2.75) is 25.6 Å². The fraction of sp³-hybridized carbons (Fsp3) is 0.562. The van der Waals surface area contributed by atoms with E-state index in [1.54, 1.807) is 0 Å². The summed E-state index contributed by atoms with van der Waals surface area (Å²) in [4.78, 5) is 14.2. The van der Waals surface area contributed by atoms with E-state index in [0.717, 1.165) is 31.3 Å². The number of urea groups is 1. The Morgan fingerprint density at radius 1 is 1.28 bits per heavy atom. The second-order valence-electron chi connectivity index (χ2n) is 6.41. The molecule has 1 saturated heterocycles. The number of hydrogen-bond acceptors (Lipinski definition) is 3. The lowest BCUT2D eigenvalue weighted by atomic mass is 10.0. The number of alkyl halides is 3. The lowest BCUT2D eigenvalue weighted by Crippen LogP contribution is -2.55. The highest BCUT2D eigenvalue weighted by Gasteiger charge is 2.31. The van der Waals surface area contributed by atoms with Crippen LogP contribution in [0.5, 0.6) is 0 Å². The van der Waals surface area contributed by atoms with E-state index >= 15 is 0 Å². The Morgan fingerprint density at radius 3 is 2.52 bits per heavy atom. The summed E-state index contributed by atoms with van der Waals surface area (Å²) in [5, 5.41) is 5.09. The predicted octanol–water partition coefficient (Wildman–Crippen LogP) is 3.59. The Hall–Kier alpha value is -1.51. The van der Waals surface area contributed by atoms with Gasteiger partial charge in [0.25, 0.3) is 0 Å². The summed E-state index contributed by atoms with van der Waals surface area (Å²) in [6, 6.07) is 2.18. The molecule has 5 nitrogen and oxygen atoms in total. The van der Waals surface area contributed by atoms with E-state index in [1.807, 2.05) is 13.8 Å². The van der Waals surface area contributed by atoms with Crippen LogP contribution in [-0.4, -0.2) is 49.3 Å². The third-order valence-corrected chi connectivity index (χ3v) is 4.42. The molecular formula is C16H21ClF3N3O2. The summed E-state index contributed by atoms with van der Waals surface area (Å²) in [7, 11) is 0. The van der Waals surface area contributed by atoms with Crippen LogP contribution in [0.1, 0.15) is 19.4 Å². The van der Waals surface area contributed by atoms with Gasteiger partial charge in [0.15, 0.2) is 0 Å². The minimum Gasteiger partial charge on any atom is -0.379 e. The van der Waals surface area contributed by atoms with Crippen LogP contribution in [0.25, 0.3) is 0 Å². The van der Waals surface area contributed by atoms with Gasteiger partial charge in [-0.3, -0.25) is 4.90 Å². The lowest BCUT2D eigenvalue weighted by Gasteiger charge is -2.40. The number of halogens is 4. The number of carbonyl (C=O) groups excluding carboxylic acids is 1. The van der Waals surface area contributed by atoms with Crippen LogP contribution in [0.3, 0.4) is 0 Å². The highest BCUT2D eigenvalue weighted by atomic mass is 35.5. The van der Waals surface area contributed by atoms with Gasteiger partial charge in [0.2, 0.25) is 0 Å². The molecule has 140 valence electrons. The number of anilines is 1. The number of benzene rings is 1. The molecule has 0 aromatic heterocycles. The monoisotopic (exact) mass is 379 g/mol. The van der Waals surface area contributed by atoms with Crippen molar-refractivity contribution < 1.29 is 22.7 Å². The fourth-order valence-electron chi connectivity index (χ4n) is 2.54. The zero-order valence-electron chi connectivity index (χ0n) is 14.0. The summed E-state index contributed by atoms with van der Waals surface area (Å²) in [5.74, 6) is 0. The number of rotatable bonds is 4. The molecule has 1 fully saturated rings. The van der Waals surface area contributed by atoms with Crippen molar-refractivity contribution in [2.75, 3.05) is 38.2 Å². The van der Waals surface area contributed by atoms with Crippen molar-refractivity contribution >= 4 is 23.3 Å². The molecule has 0 radical (unpaired) electrons. The van der Waals surface area contributed by atoms with Crippen molar-refractivity contribution in [3.8, 4) is 0 Å². The fourth-order valence-corrected chi connectivity index (χ4v) is 2.71. The summed E-state index contributed by atoms with van der Waals surface area (Å²) in [5.41, 5.74) is -1.27. The molecule has 9 heteroatoms. The number of hydrogen-bond donors (Lipinski definition) is 2. The molecule has 0 aliphatic carbocycles. The molecule has 25 heavy (non-hydrogen) atoms. The molecule has 0 unspecified atom stereocenters. The number of amides is 2. The second kappa shape index (κ2) is 7.80. The topological polar surface area (TPSA) is 53.6 Å². The number of morpholine rings is 1. The highest BCUT2D eigenvalue weighted by Crippen LogP contribution is 2.33. The van der Waals surface area contributed by atoms with Gasteiger partial charge in [-0.1, -0.05) is 11.6 Å². The molecule has 1 aliphatic heterocycles. The molecule has 0 atom stereocenters. The van der Waals surface area contributed by atoms with Gasteiger partial charge in [0, 0.05) is 25.2 Å². The minimum atomic E-state index is -4.50. The first kappa shape index (κ1) is 19.8. The van der Waals surface area contributed by atoms with E-state index < -0.39 is 17.8 Å². The third kappa shape index (κ3) is 5.49. The summed E-state index contributed by atoms with van der Waals surface area (Å²) < 4.78 is 43.6. The summed E-state index contributed by atoms with van der Waals surface area (Å²) in [6.07, 6.45) is -4.50. The maximum atomic E-state index is 12.8. The molecule has 0 bridgehead atoms. The van der Waals surface area contributed by atoms with Crippen molar-refractivity contribution in [3.05, 3.63) is 28.8 Å². The van der Waals surface area contributed by atoms with E-state index in [2.05, 4.69) is 15.5 Å². The molecule has 1 aromatic rings. The molecule has 0 spiro atoms. The molecule has 0 saturated carbocycles. The van der Waals surface area contributed by atoms with E-state index in [9.17, 15) is 18.0 Å². The Labute approximate surface area is 149 Å². The maximum Gasteiger partial charge on any atom is 0.416 e. The van der Waals surface area contributed by atoms with Gasteiger partial charge in [-0.25, -0.2) is 4.79 Å². The first-order chi connectivity index (χ1) is 11.6. The number of nitrogens with zero attached hydrogens (tertiary/aromatic N) is 1. The molecule has 2 N–H and O–H groups in total. The van der Waals surface area contributed by atoms with Crippen molar-refractivity contribution in [1.29, 1.82) is 0 Å². The Bertz CT molecular complexity index is 617. The smallest absolute Gasteiger partial charge is 0.379 e. The standard InChI is InChI=1S/C16H21ClF3N3O2/c1-15(2,23-5-7-25-8-6-23)10-21-14(24)22-13-9-11(16(18,19)20)3-4-12(13)17/h3-4,9H,5-8,10H2,1-2H3,(H2,21,22,24). The Kier molecular flexibility index (Phi) is 6.18. The van der Waals surface area contributed by atoms with Crippen LogP contribution in [0, 0.1) is 0 Å². The molecule has 2 amide bonds. The van der Waals surface area contributed by atoms with Crippen LogP contribution in [0.2, 0.25) is 5.02 Å². The maximum absolute atomic E-state index is 12.8. The quantitative estimate of drug-likeness (QED) is 0.840. The van der Waals surface area contributed by atoms with E-state index in [4.69, 9.17) is 16.3 Å². The zero-order valence-corrected chi connectivity index (χ0v) is 14.8. The largest absolute Gasteiger partial charge is 0.416 e. The van der Waals surface area contributed by atoms with Gasteiger partial charge < -0.3 is 15.4 Å². The van der Waals surface area contributed by atoms with Gasteiger partial charge >= 0.3 is 12.2 Å². The Morgan fingerprint density at radius 2 is 1.92 bits per heavy atom. The van der Waals surface area contributed by atoms with Crippen molar-refractivity contribution in [3.63, 3.8) is 0 Å². The van der Waals surface area contributed by atoms with Crippen LogP contribution < -0.4 is 10.6 Å². The van der Waals surface area contributed by atoms with E-state index in [0.29, 0.717) is 19.8 Å².